The fourth-order valence-electron chi connectivity index (χ4n) is 2.74. The van der Waals surface area contributed by atoms with Crippen LogP contribution in [0.4, 0.5) is 5.69 Å². The van der Waals surface area contributed by atoms with E-state index in [1.807, 2.05) is 0 Å². The number of hydrogen-bond donors (Lipinski definition) is 1. The summed E-state index contributed by atoms with van der Waals surface area (Å²) in [7, 11) is 0. The van der Waals surface area contributed by atoms with E-state index in [0.29, 0.717) is 6.42 Å². The minimum atomic E-state index is -2.79. The summed E-state index contributed by atoms with van der Waals surface area (Å²) >= 11 is 0. The molecule has 1 saturated heterocycles. The summed E-state index contributed by atoms with van der Waals surface area (Å²) in [5.41, 5.74) is -2.51. The van der Waals surface area contributed by atoms with Gasteiger partial charge in [-0.05, 0) is 18.6 Å². The fourth-order valence-corrected chi connectivity index (χ4v) is 2.74. The van der Waals surface area contributed by atoms with Crippen molar-refractivity contribution < 1.29 is 19.7 Å². The molecule has 1 aliphatic heterocycles. The van der Waals surface area contributed by atoms with Crippen molar-refractivity contribution in [2.75, 3.05) is 11.4 Å². The van der Waals surface area contributed by atoms with E-state index in [9.17, 15) is 30.1 Å². The molecular weight excluding hydrogens is 282 g/mol. The third-order valence-corrected chi connectivity index (χ3v) is 3.65. The van der Waals surface area contributed by atoms with Crippen LogP contribution in [-0.2, 0) is 4.79 Å². The average Bonchev–Trinajstić information content (AvgIpc) is 2.46. The smallest absolute Gasteiger partial charge is 0.458 e. The number of anilines is 1. The molecular formula is C12H13N3O6. The molecule has 1 fully saturated rings. The Morgan fingerprint density at radius 3 is 2.38 bits per heavy atom. The van der Waals surface area contributed by atoms with Gasteiger partial charge in [-0.15, -0.1) is 0 Å². The number of piperidine rings is 1. The number of benzene rings is 1. The highest BCUT2D eigenvalue weighted by Gasteiger charge is 2.70. The predicted molar refractivity (Wildman–Crippen MR) is 71.2 cm³/mol. The molecule has 0 aliphatic carbocycles. The van der Waals surface area contributed by atoms with Gasteiger partial charge in [-0.2, -0.15) is 0 Å². The van der Waals surface area contributed by atoms with Crippen molar-refractivity contribution in [2.24, 2.45) is 0 Å². The zero-order chi connectivity index (χ0) is 15.6. The van der Waals surface area contributed by atoms with Gasteiger partial charge in [-0.25, -0.2) is 4.79 Å². The Morgan fingerprint density at radius 2 is 1.90 bits per heavy atom. The molecule has 2 unspecified atom stereocenters. The van der Waals surface area contributed by atoms with E-state index in [2.05, 4.69) is 0 Å². The van der Waals surface area contributed by atoms with Crippen LogP contribution in [0.25, 0.3) is 0 Å². The summed E-state index contributed by atoms with van der Waals surface area (Å²) < 4.78 is 0. The number of carboxylic acids is 1. The number of nitro groups is 2. The van der Waals surface area contributed by atoms with Gasteiger partial charge in [0.2, 0.25) is 0 Å². The Labute approximate surface area is 119 Å². The van der Waals surface area contributed by atoms with Gasteiger partial charge < -0.3 is 5.11 Å². The average molecular weight is 295 g/mol. The second-order valence-electron chi connectivity index (χ2n) is 4.72. The molecule has 9 heteroatoms. The van der Waals surface area contributed by atoms with Crippen molar-refractivity contribution in [1.82, 2.24) is 0 Å². The largest absolute Gasteiger partial charge is 0.474 e. The molecule has 1 aromatic carbocycles. The molecule has 2 atom stereocenters. The first-order valence-corrected chi connectivity index (χ1v) is 6.26. The second kappa shape index (κ2) is 5.35. The molecule has 1 heterocycles. The van der Waals surface area contributed by atoms with E-state index in [-0.39, 0.29) is 18.7 Å². The Balaban J connectivity index is 2.64. The molecule has 0 radical (unpaired) electrons. The normalized spacial score (nSPS) is 25.3. The van der Waals surface area contributed by atoms with Crippen molar-refractivity contribution in [2.45, 2.75) is 24.5 Å². The van der Waals surface area contributed by atoms with E-state index < -0.39 is 27.5 Å². The Morgan fingerprint density at radius 1 is 1.29 bits per heavy atom. The maximum absolute atomic E-state index is 11.6. The van der Waals surface area contributed by atoms with Gasteiger partial charge in [-0.1, -0.05) is 18.2 Å². The van der Waals surface area contributed by atoms with Crippen LogP contribution < -0.4 is 4.90 Å². The molecule has 2 rings (SSSR count). The third kappa shape index (κ3) is 2.16. The summed E-state index contributed by atoms with van der Waals surface area (Å²) in [5, 5.41) is 32.1. The lowest BCUT2D eigenvalue weighted by molar-refractivity contribution is -0.643. The maximum Gasteiger partial charge on any atom is 0.458 e. The molecule has 0 bridgehead atoms. The summed E-state index contributed by atoms with van der Waals surface area (Å²) in [6.45, 7) is 0.0711. The van der Waals surface area contributed by atoms with Crippen LogP contribution in [0.1, 0.15) is 12.8 Å². The maximum atomic E-state index is 11.6. The van der Waals surface area contributed by atoms with E-state index in [4.69, 9.17) is 0 Å². The van der Waals surface area contributed by atoms with Gasteiger partial charge in [0.05, 0.1) is 4.92 Å². The zero-order valence-electron chi connectivity index (χ0n) is 10.9. The van der Waals surface area contributed by atoms with Crippen LogP contribution in [0, 0.1) is 20.2 Å². The number of aliphatic carboxylic acids is 1. The summed E-state index contributed by atoms with van der Waals surface area (Å²) in [5.74, 6) is -1.82. The Bertz CT molecular complexity index is 562. The molecule has 0 saturated carbocycles. The van der Waals surface area contributed by atoms with Crippen molar-refractivity contribution in [3.63, 3.8) is 0 Å². The molecule has 1 N–H and O–H groups in total. The first-order chi connectivity index (χ1) is 9.92. The van der Waals surface area contributed by atoms with Gasteiger partial charge >= 0.3 is 17.7 Å². The summed E-state index contributed by atoms with van der Waals surface area (Å²) in [4.78, 5) is 33.4. The summed E-state index contributed by atoms with van der Waals surface area (Å²) in [6, 6.07) is 6.06. The molecule has 9 nitrogen and oxygen atoms in total. The minimum absolute atomic E-state index is 0.0711. The highest BCUT2D eigenvalue weighted by Crippen LogP contribution is 2.35. The van der Waals surface area contributed by atoms with Crippen molar-refractivity contribution >= 4 is 11.7 Å². The monoisotopic (exact) mass is 295 g/mol. The third-order valence-electron chi connectivity index (χ3n) is 3.65. The molecule has 1 aliphatic rings. The Kier molecular flexibility index (Phi) is 3.74. The standard InChI is InChI=1S/C12H13N3O6/c16-11(17)12(15(20)21)10(14(18)19)7-4-8-13(12)9-5-2-1-3-6-9/h1-3,5-6,10H,4,7-8H2,(H,16,17). The van der Waals surface area contributed by atoms with Gasteiger partial charge in [0.15, 0.2) is 0 Å². The number of nitrogens with zero attached hydrogens (tertiary/aromatic N) is 3. The van der Waals surface area contributed by atoms with E-state index in [1.165, 1.54) is 12.1 Å². The van der Waals surface area contributed by atoms with Crippen LogP contribution in [-0.4, -0.2) is 39.2 Å². The van der Waals surface area contributed by atoms with Crippen molar-refractivity contribution in [3.8, 4) is 0 Å². The van der Waals surface area contributed by atoms with Crippen LogP contribution >= 0.6 is 0 Å². The lowest BCUT2D eigenvalue weighted by Crippen LogP contribution is -2.71. The van der Waals surface area contributed by atoms with Crippen molar-refractivity contribution in [3.05, 3.63) is 50.6 Å². The first-order valence-electron chi connectivity index (χ1n) is 6.26. The Hall–Kier alpha value is -2.71. The van der Waals surface area contributed by atoms with Crippen LogP contribution in [0.3, 0.4) is 0 Å². The SMILES string of the molecule is O=C(O)C1([N+](=O)[O-])C([N+](=O)[O-])CCCN1c1ccccc1. The van der Waals surface area contributed by atoms with E-state index >= 15 is 0 Å². The van der Waals surface area contributed by atoms with Crippen LogP contribution in [0.5, 0.6) is 0 Å². The lowest BCUT2D eigenvalue weighted by Gasteiger charge is -2.39. The number of hydrogen-bond acceptors (Lipinski definition) is 6. The van der Waals surface area contributed by atoms with Crippen molar-refractivity contribution in [1.29, 1.82) is 0 Å². The second-order valence-corrected chi connectivity index (χ2v) is 4.72. The topological polar surface area (TPSA) is 127 Å². The zero-order valence-corrected chi connectivity index (χ0v) is 10.9. The number of carboxylic acid groups (broad SMARTS) is 1. The van der Waals surface area contributed by atoms with Crippen LogP contribution in [0.15, 0.2) is 30.3 Å². The van der Waals surface area contributed by atoms with Gasteiger partial charge in [0, 0.05) is 23.6 Å². The first kappa shape index (κ1) is 14.7. The van der Waals surface area contributed by atoms with Gasteiger partial charge in [0.25, 0.3) is 0 Å². The fraction of sp³-hybridized carbons (Fsp3) is 0.417. The van der Waals surface area contributed by atoms with E-state index in [1.54, 1.807) is 18.2 Å². The predicted octanol–water partition coefficient (Wildman–Crippen LogP) is 0.990. The highest BCUT2D eigenvalue weighted by atomic mass is 16.7. The number of rotatable bonds is 4. The highest BCUT2D eigenvalue weighted by molar-refractivity contribution is 5.82. The van der Waals surface area contributed by atoms with Gasteiger partial charge in [-0.3, -0.25) is 25.1 Å². The molecule has 0 spiro atoms. The number of para-hydroxylation sites is 1. The summed E-state index contributed by atoms with van der Waals surface area (Å²) in [6.07, 6.45) is 0.160. The van der Waals surface area contributed by atoms with Gasteiger partial charge in [0.1, 0.15) is 0 Å². The van der Waals surface area contributed by atoms with Crippen LogP contribution in [0.2, 0.25) is 0 Å². The minimum Gasteiger partial charge on any atom is -0.474 e. The molecule has 21 heavy (non-hydrogen) atoms. The van der Waals surface area contributed by atoms with E-state index in [0.717, 1.165) is 4.90 Å². The lowest BCUT2D eigenvalue weighted by atomic mass is 9.89. The molecule has 1 aromatic rings. The molecule has 112 valence electrons. The molecule has 0 aromatic heterocycles. The quantitative estimate of drug-likeness (QED) is 0.648. The molecule has 0 amide bonds. The number of carbonyl (C=O) groups is 1.